The smallest absolute Gasteiger partial charge is 0.181 e. The topological polar surface area (TPSA) is 55.0 Å². The number of pyridine rings is 1. The van der Waals surface area contributed by atoms with E-state index in [9.17, 15) is 0 Å². The zero-order valence-electron chi connectivity index (χ0n) is 11.3. The molecule has 5 heteroatoms. The van der Waals surface area contributed by atoms with Crippen LogP contribution in [0.25, 0.3) is 10.2 Å². The Morgan fingerprint density at radius 1 is 1.20 bits per heavy atom. The lowest BCUT2D eigenvalue weighted by atomic mass is 10.2. The van der Waals surface area contributed by atoms with Crippen molar-refractivity contribution in [3.8, 4) is 0 Å². The van der Waals surface area contributed by atoms with Gasteiger partial charge in [0.1, 0.15) is 0 Å². The van der Waals surface area contributed by atoms with Gasteiger partial charge in [0.15, 0.2) is 5.13 Å². The summed E-state index contributed by atoms with van der Waals surface area (Å²) in [5.74, 6) is 0. The molecule has 3 aromatic rings. The molecule has 1 aromatic carbocycles. The third-order valence-electron chi connectivity index (χ3n) is 3.08. The van der Waals surface area contributed by atoms with Gasteiger partial charge in [-0.25, -0.2) is 4.98 Å². The molecule has 0 spiro atoms. The average molecular weight is 284 g/mol. The number of thiazole rings is 1. The molecular weight excluding hydrogens is 268 g/mol. The van der Waals surface area contributed by atoms with Crippen molar-refractivity contribution >= 4 is 26.7 Å². The molecule has 3 rings (SSSR count). The minimum Gasteiger partial charge on any atom is -0.375 e. The van der Waals surface area contributed by atoms with Crippen molar-refractivity contribution in [2.24, 2.45) is 0 Å². The van der Waals surface area contributed by atoms with Gasteiger partial charge in [0.05, 0.1) is 15.9 Å². The highest BCUT2D eigenvalue weighted by Crippen LogP contribution is 2.25. The lowest BCUT2D eigenvalue weighted by molar-refractivity contribution is 0.315. The highest BCUT2D eigenvalue weighted by molar-refractivity contribution is 7.22. The quantitative estimate of drug-likeness (QED) is 0.800. The van der Waals surface area contributed by atoms with Gasteiger partial charge in [-0.15, -0.1) is 0 Å². The van der Waals surface area contributed by atoms with Crippen molar-refractivity contribution in [3.63, 3.8) is 0 Å². The first-order valence-corrected chi connectivity index (χ1v) is 7.26. The summed E-state index contributed by atoms with van der Waals surface area (Å²) >= 11 is 1.53. The normalized spacial score (nSPS) is 11.3. The molecule has 0 amide bonds. The third kappa shape index (κ3) is 2.95. The van der Waals surface area contributed by atoms with Crippen LogP contribution in [0.3, 0.4) is 0 Å². The van der Waals surface area contributed by atoms with Crippen molar-refractivity contribution in [1.29, 1.82) is 0 Å². The van der Waals surface area contributed by atoms with Crippen molar-refractivity contribution in [2.45, 2.75) is 13.1 Å². The molecule has 2 heterocycles. The van der Waals surface area contributed by atoms with Crippen LogP contribution < -0.4 is 5.73 Å². The van der Waals surface area contributed by atoms with Crippen molar-refractivity contribution in [2.75, 3.05) is 12.8 Å². The van der Waals surface area contributed by atoms with E-state index in [2.05, 4.69) is 34.0 Å². The Labute approximate surface area is 121 Å². The van der Waals surface area contributed by atoms with Crippen LogP contribution in [0.4, 0.5) is 5.13 Å². The molecule has 0 fully saturated rings. The van der Waals surface area contributed by atoms with Crippen molar-refractivity contribution in [1.82, 2.24) is 14.9 Å². The number of rotatable bonds is 4. The monoisotopic (exact) mass is 284 g/mol. The molecule has 20 heavy (non-hydrogen) atoms. The van der Waals surface area contributed by atoms with Gasteiger partial charge < -0.3 is 5.73 Å². The van der Waals surface area contributed by atoms with Crippen LogP contribution in [0.2, 0.25) is 0 Å². The van der Waals surface area contributed by atoms with Crippen molar-refractivity contribution < 1.29 is 0 Å². The summed E-state index contributed by atoms with van der Waals surface area (Å²) in [4.78, 5) is 10.9. The average Bonchev–Trinajstić information content (AvgIpc) is 2.79. The second-order valence-electron chi connectivity index (χ2n) is 4.85. The van der Waals surface area contributed by atoms with Gasteiger partial charge in [-0.3, -0.25) is 9.88 Å². The number of hydrogen-bond acceptors (Lipinski definition) is 5. The van der Waals surface area contributed by atoms with Crippen molar-refractivity contribution in [3.05, 3.63) is 53.9 Å². The van der Waals surface area contributed by atoms with E-state index >= 15 is 0 Å². The summed E-state index contributed by atoms with van der Waals surface area (Å²) in [5, 5.41) is 0.624. The summed E-state index contributed by atoms with van der Waals surface area (Å²) in [6, 6.07) is 12.3. The highest BCUT2D eigenvalue weighted by Gasteiger charge is 2.05. The van der Waals surface area contributed by atoms with Crippen LogP contribution in [-0.2, 0) is 13.1 Å². The summed E-state index contributed by atoms with van der Waals surface area (Å²) < 4.78 is 1.14. The Bertz CT molecular complexity index is 708. The van der Waals surface area contributed by atoms with Gasteiger partial charge in [0.25, 0.3) is 0 Å². The minimum absolute atomic E-state index is 0.624. The number of fused-ring (bicyclic) bond motifs is 1. The Balaban J connectivity index is 1.72. The number of anilines is 1. The van der Waals surface area contributed by atoms with Gasteiger partial charge in [-0.1, -0.05) is 23.5 Å². The fraction of sp³-hybridized carbons (Fsp3) is 0.200. The molecule has 102 valence electrons. The lowest BCUT2D eigenvalue weighted by Gasteiger charge is -2.16. The van der Waals surface area contributed by atoms with E-state index in [-0.39, 0.29) is 0 Å². The number of benzene rings is 1. The molecule has 2 N–H and O–H groups in total. The number of hydrogen-bond donors (Lipinski definition) is 1. The molecule has 0 radical (unpaired) electrons. The Hall–Kier alpha value is -1.98. The first-order valence-electron chi connectivity index (χ1n) is 6.44. The predicted molar refractivity (Wildman–Crippen MR) is 83.4 cm³/mol. The molecule has 0 saturated heterocycles. The Morgan fingerprint density at radius 3 is 2.90 bits per heavy atom. The van der Waals surface area contributed by atoms with Gasteiger partial charge in [-0.05, 0) is 36.9 Å². The maximum atomic E-state index is 5.73. The first-order chi connectivity index (χ1) is 9.70. The lowest BCUT2D eigenvalue weighted by Crippen LogP contribution is -2.17. The number of nitrogens with two attached hydrogens (primary N) is 1. The van der Waals surface area contributed by atoms with Crippen LogP contribution in [0.15, 0.2) is 42.6 Å². The predicted octanol–water partition coefficient (Wildman–Crippen LogP) is 2.91. The van der Waals surface area contributed by atoms with Gasteiger partial charge >= 0.3 is 0 Å². The number of nitrogen functional groups attached to an aromatic ring is 1. The maximum Gasteiger partial charge on any atom is 0.181 e. The standard InChI is InChI=1S/C15H16N4S/c1-19(10-12-4-2-3-7-17-12)9-11-5-6-13-14(8-11)20-15(16)18-13/h2-8H,9-10H2,1H3,(H2,16,18). The largest absolute Gasteiger partial charge is 0.375 e. The molecule has 0 aliphatic heterocycles. The number of nitrogens with zero attached hydrogens (tertiary/aromatic N) is 3. The van der Waals surface area contributed by atoms with Crippen LogP contribution in [0.5, 0.6) is 0 Å². The van der Waals surface area contributed by atoms with E-state index < -0.39 is 0 Å². The van der Waals surface area contributed by atoms with Crippen LogP contribution in [0.1, 0.15) is 11.3 Å². The molecule has 0 aliphatic carbocycles. The number of aromatic nitrogens is 2. The molecule has 0 bridgehead atoms. The SMILES string of the molecule is CN(Cc1ccc2nc(N)sc2c1)Cc1ccccn1. The Kier molecular flexibility index (Phi) is 3.62. The second kappa shape index (κ2) is 5.56. The summed E-state index contributed by atoms with van der Waals surface area (Å²) in [6.45, 7) is 1.72. The van der Waals surface area contributed by atoms with E-state index in [0.717, 1.165) is 29.0 Å². The van der Waals surface area contributed by atoms with Crippen LogP contribution in [0, 0.1) is 0 Å². The molecule has 0 saturated carbocycles. The highest BCUT2D eigenvalue weighted by atomic mass is 32.1. The Morgan fingerprint density at radius 2 is 2.10 bits per heavy atom. The molecule has 0 unspecified atom stereocenters. The fourth-order valence-electron chi connectivity index (χ4n) is 2.22. The minimum atomic E-state index is 0.624. The first kappa shape index (κ1) is 13.0. The maximum absolute atomic E-state index is 5.73. The summed E-state index contributed by atoms with van der Waals surface area (Å²) in [6.07, 6.45) is 1.83. The van der Waals surface area contributed by atoms with Gasteiger partial charge in [0, 0.05) is 19.3 Å². The van der Waals surface area contributed by atoms with E-state index in [0.29, 0.717) is 5.13 Å². The van der Waals surface area contributed by atoms with Gasteiger partial charge in [0.2, 0.25) is 0 Å². The van der Waals surface area contributed by atoms with E-state index in [1.54, 1.807) is 0 Å². The third-order valence-corrected chi connectivity index (χ3v) is 3.93. The summed E-state index contributed by atoms with van der Waals surface area (Å²) in [7, 11) is 2.10. The van der Waals surface area contributed by atoms with E-state index in [1.807, 2.05) is 30.5 Å². The van der Waals surface area contributed by atoms with Crippen LogP contribution in [-0.4, -0.2) is 21.9 Å². The van der Waals surface area contributed by atoms with E-state index in [1.165, 1.54) is 16.9 Å². The second-order valence-corrected chi connectivity index (χ2v) is 5.91. The molecule has 0 atom stereocenters. The molecule has 4 nitrogen and oxygen atoms in total. The van der Waals surface area contributed by atoms with Gasteiger partial charge in [-0.2, -0.15) is 0 Å². The molecule has 2 aromatic heterocycles. The zero-order valence-corrected chi connectivity index (χ0v) is 12.1. The van der Waals surface area contributed by atoms with Crippen LogP contribution >= 0.6 is 11.3 Å². The molecular formula is C15H16N4S. The van der Waals surface area contributed by atoms with E-state index in [4.69, 9.17) is 5.73 Å². The summed E-state index contributed by atoms with van der Waals surface area (Å²) in [5.41, 5.74) is 9.05. The molecule has 0 aliphatic rings. The zero-order chi connectivity index (χ0) is 13.9. The fourth-order valence-corrected chi connectivity index (χ4v) is 3.02.